The Hall–Kier alpha value is -2.43. The van der Waals surface area contributed by atoms with E-state index in [1.165, 1.54) is 135 Å². The third-order valence-electron chi connectivity index (χ3n) is 10.4. The topological polar surface area (TPSA) is 69.6 Å². The number of amides is 1. The predicted octanol–water partition coefficient (Wildman–Crippen LogP) is 15.2. The van der Waals surface area contributed by atoms with Gasteiger partial charge >= 0.3 is 0 Å². The molecule has 4 heteroatoms. The number of carbonyl (C=O) groups is 1. The number of aliphatic hydroxyl groups is 2. The molecule has 1 amide bonds. The van der Waals surface area contributed by atoms with Gasteiger partial charge in [0.15, 0.2) is 0 Å². The maximum absolute atomic E-state index is 12.3. The molecule has 0 heterocycles. The molecule has 0 aromatic heterocycles. The molecule has 56 heavy (non-hydrogen) atoms. The van der Waals surface area contributed by atoms with Crippen LogP contribution in [0.5, 0.6) is 0 Å². The van der Waals surface area contributed by atoms with Gasteiger partial charge in [0.1, 0.15) is 0 Å². The first-order valence-electron chi connectivity index (χ1n) is 23.8. The van der Waals surface area contributed by atoms with Gasteiger partial charge in [-0.2, -0.15) is 0 Å². The van der Waals surface area contributed by atoms with Crippen LogP contribution < -0.4 is 5.32 Å². The van der Waals surface area contributed by atoms with Crippen LogP contribution in [0.4, 0.5) is 0 Å². The number of rotatable bonds is 42. The SMILES string of the molecule is CC/C=C\C/C=C\C/C=C\C/C=C\C/C=C\CCCCCCCCCCCCCCCCCCCCCC(=O)NC(CO)C(O)/C=C/CC/C=C/CCCCC. The first kappa shape index (κ1) is 53.6. The summed E-state index contributed by atoms with van der Waals surface area (Å²) in [6.45, 7) is 4.12. The van der Waals surface area contributed by atoms with E-state index in [4.69, 9.17) is 0 Å². The Morgan fingerprint density at radius 1 is 0.446 bits per heavy atom. The minimum Gasteiger partial charge on any atom is -0.394 e. The largest absolute Gasteiger partial charge is 0.394 e. The number of unbranched alkanes of at least 4 members (excludes halogenated alkanes) is 23. The van der Waals surface area contributed by atoms with Crippen LogP contribution in [0.25, 0.3) is 0 Å². The Balaban J connectivity index is 3.46. The maximum atomic E-state index is 12.3. The van der Waals surface area contributed by atoms with Gasteiger partial charge in [-0.3, -0.25) is 4.79 Å². The van der Waals surface area contributed by atoms with E-state index >= 15 is 0 Å². The zero-order valence-electron chi connectivity index (χ0n) is 36.9. The summed E-state index contributed by atoms with van der Waals surface area (Å²) >= 11 is 0. The normalized spacial score (nSPS) is 13.7. The Morgan fingerprint density at radius 2 is 0.804 bits per heavy atom. The second-order valence-corrected chi connectivity index (χ2v) is 15.8. The van der Waals surface area contributed by atoms with Crippen molar-refractivity contribution in [1.82, 2.24) is 5.32 Å². The van der Waals surface area contributed by atoms with Crippen LogP contribution in [0.3, 0.4) is 0 Å². The van der Waals surface area contributed by atoms with Crippen LogP contribution in [0.2, 0.25) is 0 Å². The highest BCUT2D eigenvalue weighted by Gasteiger charge is 2.17. The summed E-state index contributed by atoms with van der Waals surface area (Å²) in [6, 6.07) is -0.638. The molecule has 0 aliphatic rings. The Bertz CT molecular complexity index is 1020. The molecule has 0 bridgehead atoms. The van der Waals surface area contributed by atoms with E-state index in [9.17, 15) is 15.0 Å². The van der Waals surface area contributed by atoms with Gasteiger partial charge in [0.2, 0.25) is 5.91 Å². The van der Waals surface area contributed by atoms with E-state index in [1.807, 2.05) is 6.08 Å². The number of hydrogen-bond donors (Lipinski definition) is 3. The number of hydrogen-bond acceptors (Lipinski definition) is 3. The molecule has 2 unspecified atom stereocenters. The molecule has 0 aliphatic heterocycles. The van der Waals surface area contributed by atoms with Gasteiger partial charge in [-0.15, -0.1) is 0 Å². The lowest BCUT2D eigenvalue weighted by Gasteiger charge is -2.19. The molecule has 0 spiro atoms. The monoisotopic (exact) mass is 778 g/mol. The molecule has 0 saturated heterocycles. The predicted molar refractivity (Wildman–Crippen MR) is 248 cm³/mol. The molecule has 0 aromatic carbocycles. The van der Waals surface area contributed by atoms with E-state index in [1.54, 1.807) is 6.08 Å². The lowest BCUT2D eigenvalue weighted by atomic mass is 10.0. The van der Waals surface area contributed by atoms with Crippen molar-refractivity contribution >= 4 is 5.91 Å². The quantitative estimate of drug-likeness (QED) is 0.0427. The van der Waals surface area contributed by atoms with Gasteiger partial charge in [-0.05, 0) is 77.0 Å². The molecular formula is C52H91NO3. The summed E-state index contributed by atoms with van der Waals surface area (Å²) < 4.78 is 0. The number of nitrogens with one attached hydrogen (secondary N) is 1. The molecule has 0 rings (SSSR count). The second-order valence-electron chi connectivity index (χ2n) is 15.8. The standard InChI is InChI=1S/C52H91NO3/c1-3-5-7-9-11-13-14-15-16-17-18-19-20-21-22-23-24-25-26-27-28-29-30-31-32-33-34-35-36-37-38-40-42-44-46-48-52(56)53-50(49-54)51(55)47-45-43-41-39-12-10-8-6-4-2/h5,7,11-13,15-16,18-19,21-22,39,45,47,50-51,54-55H,3-4,6,8-10,14,17,20,23-38,40-44,46,48-49H2,1-2H3,(H,53,56)/b7-5-,13-11-,16-15-,19-18-,22-21-,39-12+,47-45+. The molecule has 0 fully saturated rings. The molecule has 2 atom stereocenters. The fraction of sp³-hybridized carbons (Fsp3) is 0.712. The lowest BCUT2D eigenvalue weighted by Crippen LogP contribution is -2.45. The maximum Gasteiger partial charge on any atom is 0.220 e. The van der Waals surface area contributed by atoms with Gasteiger partial charge in [-0.25, -0.2) is 0 Å². The Labute approximate surface area is 348 Å². The second kappa shape index (κ2) is 46.9. The van der Waals surface area contributed by atoms with Crippen LogP contribution >= 0.6 is 0 Å². The summed E-state index contributed by atoms with van der Waals surface area (Å²) in [7, 11) is 0. The lowest BCUT2D eigenvalue weighted by molar-refractivity contribution is -0.123. The first-order chi connectivity index (χ1) is 27.7. The van der Waals surface area contributed by atoms with Crippen molar-refractivity contribution in [3.63, 3.8) is 0 Å². The highest BCUT2D eigenvalue weighted by Crippen LogP contribution is 2.15. The molecule has 0 saturated carbocycles. The van der Waals surface area contributed by atoms with Crippen LogP contribution in [0.15, 0.2) is 85.1 Å². The highest BCUT2D eigenvalue weighted by molar-refractivity contribution is 5.76. The molecule has 3 N–H and O–H groups in total. The van der Waals surface area contributed by atoms with Crippen molar-refractivity contribution in [1.29, 1.82) is 0 Å². The van der Waals surface area contributed by atoms with Gasteiger partial charge in [0.25, 0.3) is 0 Å². The zero-order valence-corrected chi connectivity index (χ0v) is 36.9. The molecule has 0 aliphatic carbocycles. The van der Waals surface area contributed by atoms with Crippen LogP contribution in [-0.2, 0) is 4.79 Å². The zero-order chi connectivity index (χ0) is 40.7. The summed E-state index contributed by atoms with van der Waals surface area (Å²) in [5.74, 6) is -0.0778. The van der Waals surface area contributed by atoms with E-state index in [0.29, 0.717) is 6.42 Å². The van der Waals surface area contributed by atoms with Crippen molar-refractivity contribution < 1.29 is 15.0 Å². The first-order valence-corrected chi connectivity index (χ1v) is 23.8. The van der Waals surface area contributed by atoms with E-state index in [-0.39, 0.29) is 12.5 Å². The summed E-state index contributed by atoms with van der Waals surface area (Å²) in [5.41, 5.74) is 0. The molecule has 0 aromatic rings. The Morgan fingerprint density at radius 3 is 1.25 bits per heavy atom. The summed E-state index contributed by atoms with van der Waals surface area (Å²) in [5, 5.41) is 22.8. The molecule has 4 nitrogen and oxygen atoms in total. The average Bonchev–Trinajstić information content (AvgIpc) is 3.20. The van der Waals surface area contributed by atoms with Crippen molar-refractivity contribution in [3.05, 3.63) is 85.1 Å². The minimum atomic E-state index is -0.861. The number of aliphatic hydroxyl groups excluding tert-OH is 2. The van der Waals surface area contributed by atoms with Crippen molar-refractivity contribution in [2.24, 2.45) is 0 Å². The number of carbonyl (C=O) groups excluding carboxylic acids is 1. The van der Waals surface area contributed by atoms with E-state index < -0.39 is 12.1 Å². The summed E-state index contributed by atoms with van der Waals surface area (Å²) in [4.78, 5) is 12.3. The van der Waals surface area contributed by atoms with Crippen LogP contribution in [-0.4, -0.2) is 34.9 Å². The molecular weight excluding hydrogens is 687 g/mol. The van der Waals surface area contributed by atoms with Crippen molar-refractivity contribution in [2.75, 3.05) is 6.61 Å². The van der Waals surface area contributed by atoms with Gasteiger partial charge < -0.3 is 15.5 Å². The van der Waals surface area contributed by atoms with Crippen LogP contribution in [0.1, 0.15) is 219 Å². The fourth-order valence-electron chi connectivity index (χ4n) is 6.75. The third kappa shape index (κ3) is 42.7. The highest BCUT2D eigenvalue weighted by atomic mass is 16.3. The van der Waals surface area contributed by atoms with Gasteiger partial charge in [0, 0.05) is 6.42 Å². The van der Waals surface area contributed by atoms with Gasteiger partial charge in [-0.1, -0.05) is 221 Å². The third-order valence-corrected chi connectivity index (χ3v) is 10.4. The fourth-order valence-corrected chi connectivity index (χ4v) is 6.75. The average molecular weight is 778 g/mol. The van der Waals surface area contributed by atoms with Crippen molar-refractivity contribution in [3.8, 4) is 0 Å². The minimum absolute atomic E-state index is 0.0778. The summed E-state index contributed by atoms with van der Waals surface area (Å²) in [6.07, 6.45) is 68.7. The van der Waals surface area contributed by atoms with E-state index in [0.717, 1.165) is 64.2 Å². The van der Waals surface area contributed by atoms with Crippen molar-refractivity contribution in [2.45, 2.75) is 231 Å². The van der Waals surface area contributed by atoms with Crippen LogP contribution in [0, 0.1) is 0 Å². The van der Waals surface area contributed by atoms with E-state index in [2.05, 4.69) is 92.1 Å². The molecule has 322 valence electrons. The molecule has 0 radical (unpaired) electrons. The number of allylic oxidation sites excluding steroid dienone is 13. The van der Waals surface area contributed by atoms with Gasteiger partial charge in [0.05, 0.1) is 18.8 Å². The Kier molecular flexibility index (Phi) is 44.9. The smallest absolute Gasteiger partial charge is 0.220 e.